The van der Waals surface area contributed by atoms with Gasteiger partial charge >= 0.3 is 12.1 Å². The number of allylic oxidation sites excluding steroid dienone is 4. The molecule has 110 valence electrons. The number of ketones is 1. The predicted molar refractivity (Wildman–Crippen MR) is 67.2 cm³/mol. The van der Waals surface area contributed by atoms with Crippen molar-refractivity contribution in [2.75, 3.05) is 0 Å². The van der Waals surface area contributed by atoms with E-state index in [0.717, 1.165) is 0 Å². The zero-order valence-corrected chi connectivity index (χ0v) is 10.9. The molecule has 0 atom stereocenters. The maximum atomic E-state index is 12.2. The monoisotopic (exact) mass is 288 g/mol. The van der Waals surface area contributed by atoms with Gasteiger partial charge in [0.2, 0.25) is 0 Å². The predicted octanol–water partition coefficient (Wildman–Crippen LogP) is 2.09. The van der Waals surface area contributed by atoms with Gasteiger partial charge in [-0.05, 0) is 31.4 Å². The second-order valence-corrected chi connectivity index (χ2v) is 4.37. The van der Waals surface area contributed by atoms with Crippen molar-refractivity contribution in [3.8, 4) is 0 Å². The quantitative estimate of drug-likeness (QED) is 0.764. The topological polar surface area (TPSA) is 72.2 Å². The lowest BCUT2D eigenvalue weighted by molar-refractivity contribution is -0.172. The van der Waals surface area contributed by atoms with Crippen molar-refractivity contribution >= 4 is 11.7 Å². The molecule has 1 saturated carbocycles. The molecule has 1 rings (SSSR count). The van der Waals surface area contributed by atoms with Crippen LogP contribution in [0.2, 0.25) is 0 Å². The van der Waals surface area contributed by atoms with E-state index in [4.69, 9.17) is 5.73 Å². The minimum atomic E-state index is -5.01. The van der Waals surface area contributed by atoms with E-state index in [1.807, 2.05) is 0 Å². The number of carbonyl (C=O) groups is 2. The van der Waals surface area contributed by atoms with Crippen molar-refractivity contribution in [1.82, 2.24) is 5.32 Å². The molecule has 0 heterocycles. The van der Waals surface area contributed by atoms with E-state index in [-0.39, 0.29) is 29.2 Å². The molecule has 0 aliphatic heterocycles. The van der Waals surface area contributed by atoms with Crippen LogP contribution >= 0.6 is 0 Å². The third-order valence-corrected chi connectivity index (χ3v) is 2.91. The SMILES string of the molecule is C=C/C(N)=C1/CCCC(=O)/C1=C(/C)NC(=O)C(F)(F)F. The third kappa shape index (κ3) is 3.49. The van der Waals surface area contributed by atoms with Crippen molar-refractivity contribution in [2.45, 2.75) is 32.4 Å². The molecule has 3 N–H and O–H groups in total. The van der Waals surface area contributed by atoms with E-state index in [2.05, 4.69) is 6.58 Å². The molecular formula is C13H15F3N2O2. The van der Waals surface area contributed by atoms with Crippen LogP contribution in [0.4, 0.5) is 13.2 Å². The second-order valence-electron chi connectivity index (χ2n) is 4.37. The first-order chi connectivity index (χ1) is 9.18. The average Bonchev–Trinajstić information content (AvgIpc) is 2.36. The van der Waals surface area contributed by atoms with Gasteiger partial charge in [-0.1, -0.05) is 6.58 Å². The number of amides is 1. The highest BCUT2D eigenvalue weighted by atomic mass is 19.4. The van der Waals surface area contributed by atoms with Crippen LogP contribution in [0, 0.1) is 0 Å². The average molecular weight is 288 g/mol. The van der Waals surface area contributed by atoms with Crippen LogP contribution < -0.4 is 11.1 Å². The Kier molecular flexibility index (Phi) is 4.75. The van der Waals surface area contributed by atoms with E-state index in [1.165, 1.54) is 13.0 Å². The molecule has 7 heteroatoms. The van der Waals surface area contributed by atoms with Gasteiger partial charge in [0.15, 0.2) is 5.78 Å². The van der Waals surface area contributed by atoms with Crippen molar-refractivity contribution in [1.29, 1.82) is 0 Å². The Balaban J connectivity index is 3.21. The first kappa shape index (κ1) is 16.0. The molecule has 0 radical (unpaired) electrons. The summed E-state index contributed by atoms with van der Waals surface area (Å²) in [6.45, 7) is 4.72. The second kappa shape index (κ2) is 5.94. The number of rotatable bonds is 2. The molecule has 1 fully saturated rings. The summed E-state index contributed by atoms with van der Waals surface area (Å²) in [7, 11) is 0. The van der Waals surface area contributed by atoms with Gasteiger partial charge < -0.3 is 11.1 Å². The molecule has 0 aromatic carbocycles. The van der Waals surface area contributed by atoms with E-state index < -0.39 is 12.1 Å². The molecule has 4 nitrogen and oxygen atoms in total. The van der Waals surface area contributed by atoms with E-state index >= 15 is 0 Å². The number of alkyl halides is 3. The third-order valence-electron chi connectivity index (χ3n) is 2.91. The number of carbonyl (C=O) groups excluding carboxylic acids is 2. The first-order valence-electron chi connectivity index (χ1n) is 5.92. The Hall–Kier alpha value is -2.05. The van der Waals surface area contributed by atoms with Crippen LogP contribution in [0.3, 0.4) is 0 Å². The van der Waals surface area contributed by atoms with Crippen LogP contribution in [0.5, 0.6) is 0 Å². The number of halogens is 3. The standard InChI is InChI=1S/C13H15F3N2O2/c1-3-9(17)8-5-4-6-10(19)11(8)7(2)18-12(20)13(14,15)16/h3H,1,4-6,17H2,2H3,(H,18,20)/b9-8+,11-7-. The Morgan fingerprint density at radius 1 is 1.40 bits per heavy atom. The van der Waals surface area contributed by atoms with E-state index in [0.29, 0.717) is 18.4 Å². The molecule has 1 aliphatic rings. The number of nitrogens with one attached hydrogen (secondary N) is 1. The van der Waals surface area contributed by atoms with Gasteiger partial charge in [0.25, 0.3) is 0 Å². The van der Waals surface area contributed by atoms with Gasteiger partial charge in [-0.25, -0.2) is 0 Å². The lowest BCUT2D eigenvalue weighted by Crippen LogP contribution is -2.37. The summed E-state index contributed by atoms with van der Waals surface area (Å²) in [5, 5.41) is 1.70. The summed E-state index contributed by atoms with van der Waals surface area (Å²) in [6, 6.07) is 0. The molecule has 1 aliphatic carbocycles. The smallest absolute Gasteiger partial charge is 0.399 e. The summed E-state index contributed by atoms with van der Waals surface area (Å²) in [6.07, 6.45) is -2.45. The molecule has 0 aromatic heterocycles. The Labute approximate surface area is 114 Å². The molecule has 0 saturated heterocycles. The summed E-state index contributed by atoms with van der Waals surface area (Å²) >= 11 is 0. The molecule has 20 heavy (non-hydrogen) atoms. The van der Waals surface area contributed by atoms with Crippen LogP contribution in [-0.4, -0.2) is 17.9 Å². The summed E-state index contributed by atoms with van der Waals surface area (Å²) in [5.74, 6) is -2.45. The van der Waals surface area contributed by atoms with Gasteiger partial charge in [-0.2, -0.15) is 13.2 Å². The van der Waals surface area contributed by atoms with Crippen molar-refractivity contribution in [3.05, 3.63) is 35.2 Å². The minimum absolute atomic E-state index is 0.0475. The van der Waals surface area contributed by atoms with E-state index in [1.54, 1.807) is 5.32 Å². The van der Waals surface area contributed by atoms with E-state index in [9.17, 15) is 22.8 Å². The summed E-state index contributed by atoms with van der Waals surface area (Å²) in [5.41, 5.74) is 6.26. The van der Waals surface area contributed by atoms with Crippen molar-refractivity contribution in [3.63, 3.8) is 0 Å². The Morgan fingerprint density at radius 3 is 2.50 bits per heavy atom. The lowest BCUT2D eigenvalue weighted by Gasteiger charge is -2.21. The molecular weight excluding hydrogens is 273 g/mol. The zero-order valence-electron chi connectivity index (χ0n) is 10.9. The first-order valence-corrected chi connectivity index (χ1v) is 5.92. The molecule has 1 amide bonds. The Morgan fingerprint density at radius 2 is 2.00 bits per heavy atom. The van der Waals surface area contributed by atoms with Gasteiger partial charge in [-0.15, -0.1) is 0 Å². The largest absolute Gasteiger partial charge is 0.471 e. The van der Waals surface area contributed by atoms with Crippen LogP contribution in [0.1, 0.15) is 26.2 Å². The van der Waals surface area contributed by atoms with Crippen LogP contribution in [0.25, 0.3) is 0 Å². The molecule has 0 spiro atoms. The summed E-state index contributed by atoms with van der Waals surface area (Å²) in [4.78, 5) is 22.8. The lowest BCUT2D eigenvalue weighted by atomic mass is 9.86. The van der Waals surface area contributed by atoms with Gasteiger partial charge in [0.05, 0.1) is 0 Å². The fraction of sp³-hybridized carbons (Fsp3) is 0.385. The number of nitrogens with two attached hydrogens (primary N) is 1. The number of hydrogen-bond acceptors (Lipinski definition) is 3. The normalized spacial score (nSPS) is 21.3. The van der Waals surface area contributed by atoms with Crippen LogP contribution in [-0.2, 0) is 9.59 Å². The fourth-order valence-corrected chi connectivity index (χ4v) is 2.00. The maximum absolute atomic E-state index is 12.2. The zero-order chi connectivity index (χ0) is 15.5. The van der Waals surface area contributed by atoms with Gasteiger partial charge in [0, 0.05) is 23.4 Å². The highest BCUT2D eigenvalue weighted by molar-refractivity contribution is 6.02. The van der Waals surface area contributed by atoms with Gasteiger partial charge in [-0.3, -0.25) is 9.59 Å². The molecule has 0 aromatic rings. The maximum Gasteiger partial charge on any atom is 0.471 e. The number of Topliss-reactive ketones (excluding diaryl/α,β-unsaturated/α-hetero) is 1. The highest BCUT2D eigenvalue weighted by Crippen LogP contribution is 2.30. The van der Waals surface area contributed by atoms with Crippen LogP contribution in [0.15, 0.2) is 35.2 Å². The number of hydrogen-bond donors (Lipinski definition) is 2. The minimum Gasteiger partial charge on any atom is -0.399 e. The Bertz CT molecular complexity index is 516. The summed E-state index contributed by atoms with van der Waals surface area (Å²) < 4.78 is 36.7. The highest BCUT2D eigenvalue weighted by Gasteiger charge is 2.39. The molecule has 0 unspecified atom stereocenters. The van der Waals surface area contributed by atoms with Crippen molar-refractivity contribution in [2.24, 2.45) is 5.73 Å². The fourth-order valence-electron chi connectivity index (χ4n) is 2.00. The molecule has 0 bridgehead atoms. The van der Waals surface area contributed by atoms with Gasteiger partial charge in [0.1, 0.15) is 0 Å². The van der Waals surface area contributed by atoms with Crippen molar-refractivity contribution < 1.29 is 22.8 Å².